The number of aliphatic hydroxyl groups is 2. The van der Waals surface area contributed by atoms with Crippen LogP contribution in [0.4, 0.5) is 19.0 Å². The first-order valence-corrected chi connectivity index (χ1v) is 12.1. The van der Waals surface area contributed by atoms with Gasteiger partial charge in [-0.15, -0.1) is 0 Å². The van der Waals surface area contributed by atoms with Gasteiger partial charge in [0, 0.05) is 48.1 Å². The first-order valence-electron chi connectivity index (χ1n) is 12.1. The molecule has 0 atom stereocenters. The third kappa shape index (κ3) is 4.57. The van der Waals surface area contributed by atoms with E-state index >= 15 is 0 Å². The lowest BCUT2D eigenvalue weighted by Gasteiger charge is -2.39. The fourth-order valence-corrected chi connectivity index (χ4v) is 5.14. The Morgan fingerprint density at radius 3 is 2.73 bits per heavy atom. The van der Waals surface area contributed by atoms with Crippen LogP contribution in [0, 0.1) is 12.7 Å². The summed E-state index contributed by atoms with van der Waals surface area (Å²) in [4.78, 5) is 22.5. The Hall–Kier alpha value is -3.44. The highest BCUT2D eigenvalue weighted by molar-refractivity contribution is 5.94. The quantitative estimate of drug-likeness (QED) is 0.461. The molecule has 3 aromatic rings. The van der Waals surface area contributed by atoms with E-state index in [0.29, 0.717) is 46.9 Å². The molecule has 3 heterocycles. The van der Waals surface area contributed by atoms with Crippen LogP contribution in [0.5, 0.6) is 5.75 Å². The molecule has 2 aliphatic heterocycles. The number of amides is 1. The lowest BCUT2D eigenvalue weighted by molar-refractivity contribution is -0.138. The number of halogens is 3. The lowest BCUT2D eigenvalue weighted by atomic mass is 9.82. The number of rotatable bonds is 6. The number of aromatic nitrogens is 2. The van der Waals surface area contributed by atoms with Gasteiger partial charge in [-0.3, -0.25) is 4.79 Å². The van der Waals surface area contributed by atoms with Gasteiger partial charge in [0.25, 0.3) is 6.43 Å². The summed E-state index contributed by atoms with van der Waals surface area (Å²) in [6.07, 6.45) is -1.85. The van der Waals surface area contributed by atoms with Crippen LogP contribution in [0.3, 0.4) is 0 Å². The summed E-state index contributed by atoms with van der Waals surface area (Å²) in [5.41, 5.74) is 0.165. The largest absolute Gasteiger partial charge is 0.492 e. The molecule has 37 heavy (non-hydrogen) atoms. The van der Waals surface area contributed by atoms with E-state index in [1.807, 2.05) is 0 Å². The molecule has 0 unspecified atom stereocenters. The van der Waals surface area contributed by atoms with Crippen molar-refractivity contribution in [1.82, 2.24) is 14.9 Å². The maximum Gasteiger partial charge on any atom is 0.266 e. The number of aliphatic hydroxyl groups excluding tert-OH is 1. The number of anilines is 1. The second-order valence-corrected chi connectivity index (χ2v) is 9.39. The highest BCUT2D eigenvalue weighted by Gasteiger charge is 2.40. The Morgan fingerprint density at radius 2 is 2.03 bits per heavy atom. The van der Waals surface area contributed by atoms with Gasteiger partial charge < -0.3 is 25.2 Å². The number of hydrogen-bond donors (Lipinski definition) is 3. The molecule has 0 aliphatic carbocycles. The zero-order chi connectivity index (χ0) is 26.3. The summed E-state index contributed by atoms with van der Waals surface area (Å²) >= 11 is 0. The Morgan fingerprint density at radius 1 is 1.27 bits per heavy atom. The Labute approximate surface area is 211 Å². The molecule has 1 saturated heterocycles. The van der Waals surface area contributed by atoms with E-state index in [2.05, 4.69) is 15.3 Å². The summed E-state index contributed by atoms with van der Waals surface area (Å²) in [5, 5.41) is 24.5. The average Bonchev–Trinajstić information content (AvgIpc) is 3.37. The highest BCUT2D eigenvalue weighted by Crippen LogP contribution is 2.45. The van der Waals surface area contributed by atoms with Crippen molar-refractivity contribution < 1.29 is 32.9 Å². The first-order chi connectivity index (χ1) is 17.7. The fourth-order valence-electron chi connectivity index (χ4n) is 5.14. The number of alkyl halides is 2. The number of nitrogens with zero attached hydrogens (tertiary/aromatic N) is 3. The molecule has 1 aromatic heterocycles. The smallest absolute Gasteiger partial charge is 0.266 e. The molecule has 2 aliphatic rings. The van der Waals surface area contributed by atoms with Gasteiger partial charge in [0.2, 0.25) is 5.91 Å². The van der Waals surface area contributed by atoms with E-state index in [9.17, 15) is 23.1 Å². The normalized spacial score (nSPS) is 16.7. The van der Waals surface area contributed by atoms with Crippen LogP contribution in [-0.4, -0.2) is 57.3 Å². The molecule has 5 rings (SSSR count). The van der Waals surface area contributed by atoms with E-state index in [1.165, 1.54) is 17.0 Å². The first kappa shape index (κ1) is 25.2. The van der Waals surface area contributed by atoms with Gasteiger partial charge in [-0.05, 0) is 25.8 Å². The van der Waals surface area contributed by atoms with E-state index < -0.39 is 30.0 Å². The summed E-state index contributed by atoms with van der Waals surface area (Å²) < 4.78 is 46.9. The molecule has 2 aromatic carbocycles. The molecule has 8 nitrogen and oxygen atoms in total. The minimum atomic E-state index is -2.92. The summed E-state index contributed by atoms with van der Waals surface area (Å²) in [6, 6.07) is 5.64. The van der Waals surface area contributed by atoms with Crippen molar-refractivity contribution >= 4 is 22.6 Å². The third-order valence-corrected chi connectivity index (χ3v) is 7.12. The third-order valence-electron chi connectivity index (χ3n) is 7.12. The predicted octanol–water partition coefficient (Wildman–Crippen LogP) is 3.36. The van der Waals surface area contributed by atoms with Crippen LogP contribution in [0.2, 0.25) is 0 Å². The van der Waals surface area contributed by atoms with Gasteiger partial charge in [-0.25, -0.2) is 23.1 Å². The van der Waals surface area contributed by atoms with Crippen LogP contribution in [-0.2, 0) is 23.4 Å². The highest BCUT2D eigenvalue weighted by atomic mass is 19.3. The van der Waals surface area contributed by atoms with Crippen molar-refractivity contribution in [1.29, 1.82) is 0 Å². The molecule has 3 N–H and O–H groups in total. The van der Waals surface area contributed by atoms with Gasteiger partial charge >= 0.3 is 0 Å². The Balaban J connectivity index is 1.53. The van der Waals surface area contributed by atoms with Crippen molar-refractivity contribution in [3.8, 4) is 5.75 Å². The standard InChI is InChI=1S/C26H27F3N4O4/c1-14-31-22-17-5-10-37-23(17)19(26(36)6-8-33(9-7-26)20(35)13-34)11-18(22)25(32-14)30-12-15-3-2-4-16(21(15)27)24(28)29/h2-4,11,24,34,36H,5-10,12-13H2,1H3,(H,30,31,32). The molecule has 0 saturated carbocycles. The molecule has 196 valence electrons. The van der Waals surface area contributed by atoms with E-state index in [1.54, 1.807) is 13.0 Å². The summed E-state index contributed by atoms with van der Waals surface area (Å²) in [5.74, 6) is 0.0655. The molecule has 0 bridgehead atoms. The molecule has 1 amide bonds. The van der Waals surface area contributed by atoms with Gasteiger partial charge in [-0.1, -0.05) is 18.2 Å². The van der Waals surface area contributed by atoms with Crippen molar-refractivity contribution in [3.63, 3.8) is 0 Å². The lowest BCUT2D eigenvalue weighted by Crippen LogP contribution is -2.46. The molecule has 0 radical (unpaired) electrons. The van der Waals surface area contributed by atoms with Crippen molar-refractivity contribution in [2.45, 2.75) is 44.8 Å². The van der Waals surface area contributed by atoms with Gasteiger partial charge in [0.05, 0.1) is 23.3 Å². The van der Waals surface area contributed by atoms with Crippen LogP contribution in [0.15, 0.2) is 24.3 Å². The molecule has 1 fully saturated rings. The van der Waals surface area contributed by atoms with Gasteiger partial charge in [-0.2, -0.15) is 0 Å². The Bertz CT molecular complexity index is 1360. The number of carbonyl (C=O) groups excluding carboxylic acids is 1. The SMILES string of the molecule is Cc1nc(NCc2cccc(C(F)F)c2F)c2cc(C3(O)CCN(C(=O)CO)CC3)c3c(c2n1)CCO3. The van der Waals surface area contributed by atoms with Crippen LogP contribution in [0.1, 0.15) is 47.3 Å². The number of likely N-dealkylation sites (tertiary alicyclic amines) is 1. The van der Waals surface area contributed by atoms with Crippen molar-refractivity contribution in [2.75, 3.05) is 31.6 Å². The zero-order valence-corrected chi connectivity index (χ0v) is 20.2. The number of hydrogen-bond acceptors (Lipinski definition) is 7. The fraction of sp³-hybridized carbons (Fsp3) is 0.423. The number of fused-ring (bicyclic) bond motifs is 3. The van der Waals surface area contributed by atoms with Crippen molar-refractivity contribution in [2.24, 2.45) is 0 Å². The zero-order valence-electron chi connectivity index (χ0n) is 20.2. The number of aryl methyl sites for hydroxylation is 1. The summed E-state index contributed by atoms with van der Waals surface area (Å²) in [7, 11) is 0. The number of benzene rings is 2. The maximum absolute atomic E-state index is 14.6. The number of nitrogens with one attached hydrogen (secondary N) is 1. The van der Waals surface area contributed by atoms with Crippen LogP contribution in [0.25, 0.3) is 10.9 Å². The minimum Gasteiger partial charge on any atom is -0.492 e. The predicted molar refractivity (Wildman–Crippen MR) is 129 cm³/mol. The van der Waals surface area contributed by atoms with E-state index in [4.69, 9.17) is 9.84 Å². The minimum absolute atomic E-state index is 0.0754. The molecular formula is C26H27F3N4O4. The molecule has 0 spiro atoms. The topological polar surface area (TPSA) is 108 Å². The van der Waals surface area contributed by atoms with Gasteiger partial charge in [0.15, 0.2) is 0 Å². The second kappa shape index (κ2) is 9.79. The number of piperidine rings is 1. The van der Waals surface area contributed by atoms with E-state index in [-0.39, 0.29) is 43.9 Å². The average molecular weight is 517 g/mol. The molecule has 11 heteroatoms. The molecular weight excluding hydrogens is 489 g/mol. The van der Waals surface area contributed by atoms with Crippen molar-refractivity contribution in [3.05, 3.63) is 58.2 Å². The van der Waals surface area contributed by atoms with Crippen LogP contribution >= 0.6 is 0 Å². The van der Waals surface area contributed by atoms with E-state index in [0.717, 1.165) is 11.6 Å². The Kier molecular flexibility index (Phi) is 6.67. The number of carbonyl (C=O) groups is 1. The maximum atomic E-state index is 14.6. The summed E-state index contributed by atoms with van der Waals surface area (Å²) in [6.45, 7) is 2.03. The number of ether oxygens (including phenoxy) is 1. The second-order valence-electron chi connectivity index (χ2n) is 9.39. The van der Waals surface area contributed by atoms with Crippen LogP contribution < -0.4 is 10.1 Å². The monoisotopic (exact) mass is 516 g/mol. The van der Waals surface area contributed by atoms with Gasteiger partial charge in [0.1, 0.15) is 29.8 Å².